The predicted molar refractivity (Wildman–Crippen MR) is 177 cm³/mol. The third-order valence-electron chi connectivity index (χ3n) is 14.2. The first-order valence-electron chi connectivity index (χ1n) is 18.6. The van der Waals surface area contributed by atoms with Crippen LogP contribution in [0.1, 0.15) is 80.1 Å². The minimum absolute atomic E-state index is 0.0147. The van der Waals surface area contributed by atoms with Gasteiger partial charge in [0, 0.05) is 55.6 Å². The lowest BCUT2D eigenvalue weighted by Gasteiger charge is -2.53. The van der Waals surface area contributed by atoms with E-state index in [0.717, 1.165) is 13.8 Å². The van der Waals surface area contributed by atoms with E-state index in [1.165, 1.54) is 27.7 Å². The van der Waals surface area contributed by atoms with Crippen LogP contribution in [0.2, 0.25) is 0 Å². The highest BCUT2D eigenvalue weighted by Gasteiger charge is 2.93. The molecule has 0 radical (unpaired) electrons. The summed E-state index contributed by atoms with van der Waals surface area (Å²) in [5.74, 6) is -10.5. The number of carbonyl (C=O) groups is 6. The first-order chi connectivity index (χ1) is 25.0. The van der Waals surface area contributed by atoms with Gasteiger partial charge in [-0.2, -0.15) is 0 Å². The summed E-state index contributed by atoms with van der Waals surface area (Å²) in [5, 5.41) is 70.7. The molecule has 0 amide bonds. The van der Waals surface area contributed by atoms with Gasteiger partial charge in [-0.15, -0.1) is 0 Å². The van der Waals surface area contributed by atoms with Crippen LogP contribution in [-0.2, 0) is 47.7 Å². The second-order valence-corrected chi connectivity index (χ2v) is 17.3. The quantitative estimate of drug-likeness (QED) is 0.151. The van der Waals surface area contributed by atoms with Crippen LogP contribution in [0, 0.1) is 29.6 Å². The van der Waals surface area contributed by atoms with E-state index in [1.54, 1.807) is 0 Å². The van der Waals surface area contributed by atoms with Crippen LogP contribution in [0.15, 0.2) is 22.5 Å². The van der Waals surface area contributed by atoms with Crippen LogP contribution in [0.4, 0.5) is 0 Å². The van der Waals surface area contributed by atoms with Crippen LogP contribution in [-0.4, -0.2) is 130 Å². The molecule has 54 heavy (non-hydrogen) atoms. The second kappa shape index (κ2) is 11.1. The zero-order valence-electron chi connectivity index (χ0n) is 30.8. The SMILES string of the molecule is CC(=O)O[C@H](C)[C@H]1[C@@](C)(O)CC(=O)[C@]23O[C@]12C(=O)C1=C(C(O)=C(C2CCC4C(=O)[C@]56O[C@]5(C(=O)C[C@](C)(O)[C@@H]6[C@@H](C)OC(C)=O)[C@H](O)C4C2O)CC1)[C@H]3O. The molecule has 0 bridgehead atoms. The Morgan fingerprint density at radius 3 is 1.81 bits per heavy atom. The lowest BCUT2D eigenvalue weighted by molar-refractivity contribution is -0.182. The van der Waals surface area contributed by atoms with Gasteiger partial charge < -0.3 is 49.6 Å². The number of carbonyl (C=O) groups excluding carboxylic acids is 6. The molecule has 4 unspecified atom stereocenters. The Kier molecular flexibility index (Phi) is 7.74. The Morgan fingerprint density at radius 1 is 0.759 bits per heavy atom. The predicted octanol–water partition coefficient (Wildman–Crippen LogP) is -0.622. The van der Waals surface area contributed by atoms with Crippen LogP contribution < -0.4 is 0 Å². The highest BCUT2D eigenvalue weighted by Crippen LogP contribution is 2.71. The molecule has 0 aromatic heterocycles. The van der Waals surface area contributed by atoms with Crippen molar-refractivity contribution in [3.8, 4) is 0 Å². The van der Waals surface area contributed by atoms with Gasteiger partial charge >= 0.3 is 11.9 Å². The van der Waals surface area contributed by atoms with Gasteiger partial charge in [0.15, 0.2) is 45.5 Å². The van der Waals surface area contributed by atoms with Gasteiger partial charge in [0.25, 0.3) is 0 Å². The second-order valence-electron chi connectivity index (χ2n) is 17.3. The molecule has 6 aliphatic carbocycles. The van der Waals surface area contributed by atoms with Crippen molar-refractivity contribution in [3.05, 3.63) is 22.5 Å². The van der Waals surface area contributed by atoms with Gasteiger partial charge in [-0.05, 0) is 59.0 Å². The van der Waals surface area contributed by atoms with Gasteiger partial charge in [-0.25, -0.2) is 0 Å². The Bertz CT molecular complexity index is 1890. The number of aliphatic hydroxyl groups excluding tert-OH is 4. The van der Waals surface area contributed by atoms with Crippen molar-refractivity contribution in [3.63, 3.8) is 0 Å². The summed E-state index contributed by atoms with van der Waals surface area (Å²) < 4.78 is 22.8. The molecule has 0 aromatic rings. The van der Waals surface area contributed by atoms with Crippen molar-refractivity contribution in [1.29, 1.82) is 0 Å². The van der Waals surface area contributed by atoms with Crippen molar-refractivity contribution < 1.29 is 78.4 Å². The van der Waals surface area contributed by atoms with Crippen molar-refractivity contribution in [1.82, 2.24) is 0 Å². The lowest BCUT2D eigenvalue weighted by atomic mass is 9.49. The third-order valence-corrected chi connectivity index (χ3v) is 14.2. The van der Waals surface area contributed by atoms with Crippen molar-refractivity contribution in [2.24, 2.45) is 29.6 Å². The molecule has 16 atom stereocenters. The summed E-state index contributed by atoms with van der Waals surface area (Å²) >= 11 is 0. The zero-order valence-corrected chi connectivity index (χ0v) is 30.8. The van der Waals surface area contributed by atoms with E-state index >= 15 is 0 Å². The molecular formula is C38H46O16. The Hall–Kier alpha value is -3.38. The summed E-state index contributed by atoms with van der Waals surface area (Å²) in [7, 11) is 0. The number of aliphatic hydroxyl groups is 6. The highest BCUT2D eigenvalue weighted by atomic mass is 16.7. The molecule has 294 valence electrons. The fraction of sp³-hybridized carbons (Fsp3) is 0.737. The molecule has 2 heterocycles. The number of hydrogen-bond acceptors (Lipinski definition) is 16. The van der Waals surface area contributed by atoms with Gasteiger partial charge in [-0.3, -0.25) is 28.8 Å². The van der Waals surface area contributed by atoms with Crippen LogP contribution in [0.3, 0.4) is 0 Å². The zero-order chi connectivity index (χ0) is 39.6. The number of ether oxygens (including phenoxy) is 4. The summed E-state index contributed by atoms with van der Waals surface area (Å²) in [6.07, 6.45) is -8.38. The number of rotatable bonds is 5. The number of hydrogen-bond donors (Lipinski definition) is 6. The molecule has 16 heteroatoms. The molecule has 6 N–H and O–H groups in total. The largest absolute Gasteiger partial charge is 0.508 e. The minimum atomic E-state index is -2.18. The molecule has 2 aliphatic heterocycles. The van der Waals surface area contributed by atoms with E-state index in [9.17, 15) is 59.4 Å². The molecule has 16 nitrogen and oxygen atoms in total. The molecule has 0 spiro atoms. The monoisotopic (exact) mass is 758 g/mol. The van der Waals surface area contributed by atoms with Gasteiger partial charge in [0.2, 0.25) is 0 Å². The molecule has 8 rings (SSSR count). The molecule has 0 aromatic carbocycles. The summed E-state index contributed by atoms with van der Waals surface area (Å²) in [6, 6.07) is 0. The van der Waals surface area contributed by atoms with E-state index in [1.807, 2.05) is 0 Å². The Labute approximate surface area is 309 Å². The smallest absolute Gasteiger partial charge is 0.302 e. The molecule has 2 saturated heterocycles. The normalized spacial score (nSPS) is 50.1. The minimum Gasteiger partial charge on any atom is -0.508 e. The fourth-order valence-electron chi connectivity index (χ4n) is 12.5. The first kappa shape index (κ1) is 37.5. The summed E-state index contributed by atoms with van der Waals surface area (Å²) in [5.41, 5.74) is -12.2. The average Bonchev–Trinajstić information content (AvgIpc) is 3.94. The van der Waals surface area contributed by atoms with E-state index in [0.29, 0.717) is 0 Å². The summed E-state index contributed by atoms with van der Waals surface area (Å²) in [4.78, 5) is 80.2. The van der Waals surface area contributed by atoms with Gasteiger partial charge in [0.1, 0.15) is 24.1 Å². The third kappa shape index (κ3) is 4.17. The van der Waals surface area contributed by atoms with E-state index in [4.69, 9.17) is 18.9 Å². The number of esters is 2. The first-order valence-corrected chi connectivity index (χ1v) is 18.6. The van der Waals surface area contributed by atoms with E-state index in [2.05, 4.69) is 0 Å². The van der Waals surface area contributed by atoms with Gasteiger partial charge in [0.05, 0.1) is 35.2 Å². The van der Waals surface area contributed by atoms with Crippen molar-refractivity contribution in [2.75, 3.05) is 0 Å². The lowest BCUT2D eigenvalue weighted by Crippen LogP contribution is -2.72. The highest BCUT2D eigenvalue weighted by molar-refractivity contribution is 6.16. The van der Waals surface area contributed by atoms with E-state index in [-0.39, 0.29) is 42.4 Å². The molecule has 8 aliphatic rings. The maximum absolute atomic E-state index is 14.5. The fourth-order valence-corrected chi connectivity index (χ4v) is 12.5. The average molecular weight is 759 g/mol. The maximum atomic E-state index is 14.5. The van der Waals surface area contributed by atoms with E-state index < -0.39 is 147 Å². The molecule has 6 fully saturated rings. The Balaban J connectivity index is 1.15. The summed E-state index contributed by atoms with van der Waals surface area (Å²) in [6.45, 7) is 7.92. The van der Waals surface area contributed by atoms with Crippen LogP contribution >= 0.6 is 0 Å². The van der Waals surface area contributed by atoms with Crippen molar-refractivity contribution in [2.45, 2.75) is 144 Å². The number of Topliss-reactive ketones (excluding diaryl/α,β-unsaturated/α-hetero) is 4. The van der Waals surface area contributed by atoms with Crippen molar-refractivity contribution >= 4 is 35.1 Å². The molecule has 4 saturated carbocycles. The maximum Gasteiger partial charge on any atom is 0.302 e. The molecular weight excluding hydrogens is 712 g/mol. The standard InChI is InChI=1S/C38H46O16/c1-13(51-15(3)39)27-33(5,49)11-21(41)35-31(47)23-19(29(45)37(27,35)53-35)9-7-17(25(23)43)18-8-10-20-24(26(18)44)32(48)36-22(42)12-34(6,50)28(14(2)52-16(4)40)38(36,54-36)30(20)46/h13-14,17,19,23,25,27-28,31-32,43-44,47-50H,7-12H2,1-6H3/t13-,14-,17?,19?,23?,25?,27+,28+,31-,32-,33+,34+,35-,36-,37+,38+/m1/s1. The number of epoxide rings is 2. The van der Waals surface area contributed by atoms with Gasteiger partial charge in [-0.1, -0.05) is 0 Å². The Morgan fingerprint density at radius 2 is 1.26 bits per heavy atom. The van der Waals surface area contributed by atoms with Crippen LogP contribution in [0.5, 0.6) is 0 Å². The van der Waals surface area contributed by atoms with Crippen LogP contribution in [0.25, 0.3) is 0 Å². The topological polar surface area (TPSA) is 267 Å². The number of ketones is 4. The number of fused-ring (bicyclic) bond motifs is 1.